The highest BCUT2D eigenvalue weighted by atomic mass is 79.9. The van der Waals surface area contributed by atoms with Gasteiger partial charge in [0.15, 0.2) is 0 Å². The third-order valence-corrected chi connectivity index (χ3v) is 4.36. The van der Waals surface area contributed by atoms with E-state index in [9.17, 15) is 10.1 Å². The summed E-state index contributed by atoms with van der Waals surface area (Å²) in [5.74, 6) is 0.728. The van der Waals surface area contributed by atoms with Crippen molar-refractivity contribution < 1.29 is 4.92 Å². The van der Waals surface area contributed by atoms with Crippen molar-refractivity contribution in [2.45, 2.75) is 19.4 Å². The normalized spacial score (nSPS) is 16.6. The average Bonchev–Trinajstić information content (AvgIpc) is 2.41. The molecule has 2 rings (SSSR count). The molecule has 0 aromatic heterocycles. The maximum Gasteiger partial charge on any atom is 0.283 e. The van der Waals surface area contributed by atoms with Gasteiger partial charge in [-0.2, -0.15) is 0 Å². The molecule has 1 aromatic carbocycles. The Morgan fingerprint density at radius 1 is 1.45 bits per heavy atom. The Hall–Kier alpha value is -0.980. The number of nitro groups is 1. The average molecular weight is 342 g/mol. The molecule has 1 aromatic rings. The monoisotopic (exact) mass is 341 g/mol. The van der Waals surface area contributed by atoms with E-state index >= 15 is 0 Å². The summed E-state index contributed by atoms with van der Waals surface area (Å²) in [6, 6.07) is 5.35. The lowest BCUT2D eigenvalue weighted by Crippen LogP contribution is -2.34. The molecular weight excluding hydrogens is 322 g/mol. The fourth-order valence-corrected chi connectivity index (χ4v) is 3.07. The van der Waals surface area contributed by atoms with Crippen molar-refractivity contribution in [2.24, 2.45) is 5.92 Å². The Bertz CT molecular complexity index is 475. The Morgan fingerprint density at radius 3 is 2.80 bits per heavy atom. The zero-order valence-corrected chi connectivity index (χ0v) is 13.2. The quantitative estimate of drug-likeness (QED) is 0.660. The van der Waals surface area contributed by atoms with Gasteiger partial charge in [-0.3, -0.25) is 10.1 Å². The van der Waals surface area contributed by atoms with Crippen molar-refractivity contribution in [3.05, 3.63) is 38.3 Å². The van der Waals surface area contributed by atoms with Crippen molar-refractivity contribution in [2.75, 3.05) is 26.7 Å². The molecule has 0 bridgehead atoms. The molecule has 1 heterocycles. The Morgan fingerprint density at radius 2 is 2.15 bits per heavy atom. The summed E-state index contributed by atoms with van der Waals surface area (Å²) in [5, 5.41) is 14.3. The number of halogens is 1. The lowest BCUT2D eigenvalue weighted by Gasteiger charge is -2.27. The molecule has 0 unspecified atom stereocenters. The van der Waals surface area contributed by atoms with Crippen LogP contribution in [-0.4, -0.2) is 36.5 Å². The fraction of sp³-hybridized carbons (Fsp3) is 0.571. The largest absolute Gasteiger partial charge is 0.317 e. The van der Waals surface area contributed by atoms with Gasteiger partial charge in [0.1, 0.15) is 0 Å². The van der Waals surface area contributed by atoms with Crippen LogP contribution in [0.25, 0.3) is 0 Å². The predicted octanol–water partition coefficient (Wildman–Crippen LogP) is 2.79. The molecule has 0 spiro atoms. The molecule has 1 aliphatic rings. The molecule has 1 saturated heterocycles. The summed E-state index contributed by atoms with van der Waals surface area (Å²) >= 11 is 3.21. The van der Waals surface area contributed by atoms with E-state index in [1.54, 1.807) is 12.1 Å². The second-order valence-corrected chi connectivity index (χ2v) is 6.29. The van der Waals surface area contributed by atoms with Crippen molar-refractivity contribution in [3.8, 4) is 0 Å². The van der Waals surface area contributed by atoms with Crippen LogP contribution in [0.15, 0.2) is 22.7 Å². The number of rotatable bonds is 5. The Labute approximate surface area is 127 Å². The maximum absolute atomic E-state index is 10.9. The summed E-state index contributed by atoms with van der Waals surface area (Å²) in [4.78, 5) is 12.8. The second kappa shape index (κ2) is 7.15. The topological polar surface area (TPSA) is 58.4 Å². The van der Waals surface area contributed by atoms with Gasteiger partial charge in [0, 0.05) is 19.2 Å². The van der Waals surface area contributed by atoms with E-state index in [1.807, 2.05) is 6.07 Å². The predicted molar refractivity (Wildman–Crippen MR) is 82.7 cm³/mol. The van der Waals surface area contributed by atoms with E-state index < -0.39 is 0 Å². The number of hydrogen-bond donors (Lipinski definition) is 1. The number of benzene rings is 1. The van der Waals surface area contributed by atoms with Gasteiger partial charge in [-0.25, -0.2) is 0 Å². The number of hydrogen-bond acceptors (Lipinski definition) is 4. The van der Waals surface area contributed by atoms with Crippen LogP contribution >= 0.6 is 15.9 Å². The first-order chi connectivity index (χ1) is 9.56. The van der Waals surface area contributed by atoms with E-state index in [4.69, 9.17) is 0 Å². The Balaban J connectivity index is 1.95. The minimum Gasteiger partial charge on any atom is -0.317 e. The van der Waals surface area contributed by atoms with Crippen LogP contribution in [-0.2, 0) is 6.54 Å². The molecule has 1 N–H and O–H groups in total. The highest BCUT2D eigenvalue weighted by Gasteiger charge is 2.16. The van der Waals surface area contributed by atoms with E-state index in [2.05, 4.69) is 33.2 Å². The van der Waals surface area contributed by atoms with E-state index in [-0.39, 0.29) is 10.6 Å². The van der Waals surface area contributed by atoms with Crippen LogP contribution in [0.1, 0.15) is 18.4 Å². The first-order valence-electron chi connectivity index (χ1n) is 6.88. The van der Waals surface area contributed by atoms with Crippen molar-refractivity contribution >= 4 is 21.6 Å². The van der Waals surface area contributed by atoms with Crippen LogP contribution in [0.2, 0.25) is 0 Å². The Kier molecular flexibility index (Phi) is 5.51. The second-order valence-electron chi connectivity index (χ2n) is 5.43. The van der Waals surface area contributed by atoms with E-state index in [0.29, 0.717) is 4.47 Å². The van der Waals surface area contributed by atoms with Gasteiger partial charge in [0.25, 0.3) is 5.69 Å². The van der Waals surface area contributed by atoms with Crippen LogP contribution in [0.3, 0.4) is 0 Å². The van der Waals surface area contributed by atoms with Gasteiger partial charge in [0.2, 0.25) is 0 Å². The molecule has 0 atom stereocenters. The molecule has 20 heavy (non-hydrogen) atoms. The zero-order valence-electron chi connectivity index (χ0n) is 11.6. The summed E-state index contributed by atoms with van der Waals surface area (Å²) < 4.78 is 0.534. The molecule has 6 heteroatoms. The molecule has 0 amide bonds. The summed E-state index contributed by atoms with van der Waals surface area (Å²) in [5.41, 5.74) is 1.12. The lowest BCUT2D eigenvalue weighted by atomic mass is 9.97. The lowest BCUT2D eigenvalue weighted by molar-refractivity contribution is -0.385. The van der Waals surface area contributed by atoms with E-state index in [0.717, 1.165) is 37.7 Å². The summed E-state index contributed by atoms with van der Waals surface area (Å²) in [6.45, 7) is 3.99. The molecule has 0 radical (unpaired) electrons. The third-order valence-electron chi connectivity index (χ3n) is 3.69. The molecular formula is C14H20BrN3O2. The molecule has 1 fully saturated rings. The number of nitrogens with zero attached hydrogens (tertiary/aromatic N) is 2. The van der Waals surface area contributed by atoms with Gasteiger partial charge in [-0.1, -0.05) is 6.07 Å². The fourth-order valence-electron chi connectivity index (χ4n) is 2.68. The molecule has 5 nitrogen and oxygen atoms in total. The standard InChI is InChI=1S/C14H20BrN3O2/c1-17(9-11-4-6-16-7-5-11)10-12-2-3-13(15)14(8-12)18(19)20/h2-3,8,11,16H,4-7,9-10H2,1H3. The minimum atomic E-state index is -0.347. The number of piperidine rings is 1. The SMILES string of the molecule is CN(Cc1ccc(Br)c([N+](=O)[O-])c1)CC1CCNCC1. The smallest absolute Gasteiger partial charge is 0.283 e. The third kappa shape index (κ3) is 4.26. The van der Waals surface area contributed by atoms with Crippen LogP contribution in [0.4, 0.5) is 5.69 Å². The first-order valence-corrected chi connectivity index (χ1v) is 7.67. The number of nitro benzene ring substituents is 1. The zero-order chi connectivity index (χ0) is 14.5. The minimum absolute atomic E-state index is 0.137. The van der Waals surface area contributed by atoms with Gasteiger partial charge in [-0.05, 0) is 66.5 Å². The van der Waals surface area contributed by atoms with Crippen LogP contribution < -0.4 is 5.32 Å². The first kappa shape index (κ1) is 15.4. The van der Waals surface area contributed by atoms with Gasteiger partial charge >= 0.3 is 0 Å². The summed E-state index contributed by atoms with van der Waals surface area (Å²) in [7, 11) is 2.08. The van der Waals surface area contributed by atoms with Crippen molar-refractivity contribution in [1.82, 2.24) is 10.2 Å². The highest BCUT2D eigenvalue weighted by Crippen LogP contribution is 2.26. The van der Waals surface area contributed by atoms with Crippen LogP contribution in [0.5, 0.6) is 0 Å². The highest BCUT2D eigenvalue weighted by molar-refractivity contribution is 9.10. The number of nitrogens with one attached hydrogen (secondary N) is 1. The molecule has 110 valence electrons. The van der Waals surface area contributed by atoms with Crippen LogP contribution in [0, 0.1) is 16.0 Å². The molecule has 0 saturated carbocycles. The van der Waals surface area contributed by atoms with Crippen molar-refractivity contribution in [1.29, 1.82) is 0 Å². The molecule has 0 aliphatic carbocycles. The van der Waals surface area contributed by atoms with E-state index in [1.165, 1.54) is 12.8 Å². The van der Waals surface area contributed by atoms with Crippen molar-refractivity contribution in [3.63, 3.8) is 0 Å². The maximum atomic E-state index is 10.9. The van der Waals surface area contributed by atoms with Gasteiger partial charge in [0.05, 0.1) is 9.40 Å². The van der Waals surface area contributed by atoms with Gasteiger partial charge in [-0.15, -0.1) is 0 Å². The molecule has 1 aliphatic heterocycles. The van der Waals surface area contributed by atoms with Gasteiger partial charge < -0.3 is 10.2 Å². The summed E-state index contributed by atoms with van der Waals surface area (Å²) in [6.07, 6.45) is 2.43.